The summed E-state index contributed by atoms with van der Waals surface area (Å²) in [7, 11) is 8.94. The molecule has 2 aliphatic rings. The number of fused-ring (bicyclic) bond motifs is 4. The van der Waals surface area contributed by atoms with Crippen molar-refractivity contribution in [3.63, 3.8) is 0 Å². The normalized spacial score (nSPS) is 16.1. The van der Waals surface area contributed by atoms with E-state index in [1.807, 2.05) is 16.7 Å². The summed E-state index contributed by atoms with van der Waals surface area (Å²) in [5.74, 6) is 1.66. The average Bonchev–Trinajstić information content (AvgIpc) is 3.13. The van der Waals surface area contributed by atoms with E-state index in [0.717, 1.165) is 17.8 Å². The second-order valence-corrected chi connectivity index (χ2v) is 12.1. The van der Waals surface area contributed by atoms with Gasteiger partial charge in [-0.1, -0.05) is 6.07 Å². The maximum atomic E-state index is 13.9. The van der Waals surface area contributed by atoms with Gasteiger partial charge in [-0.25, -0.2) is 0 Å². The van der Waals surface area contributed by atoms with Crippen molar-refractivity contribution in [2.75, 3.05) is 71.3 Å². The molecule has 13 heteroatoms. The first kappa shape index (κ1) is 34.0. The van der Waals surface area contributed by atoms with E-state index in [4.69, 9.17) is 28.4 Å². The molecule has 0 spiro atoms. The minimum absolute atomic E-state index is 0.00594. The van der Waals surface area contributed by atoms with E-state index in [0.29, 0.717) is 71.1 Å². The SMILES string of the molecule is COc1cc(NC(=O)c2ccc(N3CC4CC(C3)c3cccc(=O)n3C4)c(NC(=O)c3cc(OC)c(OC)c(OC)c3)c2)cc(OC)c1OC. The number of pyridine rings is 1. The second-order valence-electron chi connectivity index (χ2n) is 12.1. The van der Waals surface area contributed by atoms with Crippen LogP contribution in [-0.4, -0.2) is 72.1 Å². The largest absolute Gasteiger partial charge is 0.493 e. The van der Waals surface area contributed by atoms with Crippen molar-refractivity contribution >= 4 is 28.9 Å². The maximum Gasteiger partial charge on any atom is 0.255 e. The number of hydrogen-bond acceptors (Lipinski definition) is 10. The lowest BCUT2D eigenvalue weighted by atomic mass is 9.83. The fourth-order valence-electron chi connectivity index (χ4n) is 6.91. The van der Waals surface area contributed by atoms with Gasteiger partial charge in [0.15, 0.2) is 23.0 Å². The quantitative estimate of drug-likeness (QED) is 0.221. The zero-order valence-corrected chi connectivity index (χ0v) is 28.8. The first-order chi connectivity index (χ1) is 24.2. The highest BCUT2D eigenvalue weighted by Crippen LogP contribution is 2.42. The van der Waals surface area contributed by atoms with Crippen LogP contribution < -0.4 is 49.5 Å². The molecule has 2 atom stereocenters. The Morgan fingerprint density at radius 3 is 1.86 bits per heavy atom. The number of amides is 2. The van der Waals surface area contributed by atoms with Crippen LogP contribution in [0.5, 0.6) is 34.5 Å². The van der Waals surface area contributed by atoms with E-state index in [9.17, 15) is 14.4 Å². The Bertz CT molecular complexity index is 1940. The molecule has 2 unspecified atom stereocenters. The highest BCUT2D eigenvalue weighted by molar-refractivity contribution is 6.09. The summed E-state index contributed by atoms with van der Waals surface area (Å²) < 4.78 is 34.6. The molecule has 2 aliphatic heterocycles. The summed E-state index contributed by atoms with van der Waals surface area (Å²) in [4.78, 5) is 42.5. The first-order valence-corrected chi connectivity index (χ1v) is 16.0. The fraction of sp³-hybridized carbons (Fsp3) is 0.324. The molecule has 2 amide bonds. The van der Waals surface area contributed by atoms with Crippen molar-refractivity contribution in [1.29, 1.82) is 0 Å². The van der Waals surface area contributed by atoms with Gasteiger partial charge in [0.05, 0.1) is 54.0 Å². The smallest absolute Gasteiger partial charge is 0.255 e. The summed E-state index contributed by atoms with van der Waals surface area (Å²) >= 11 is 0. The maximum absolute atomic E-state index is 13.9. The molecular formula is C37H40N4O9. The van der Waals surface area contributed by atoms with Crippen molar-refractivity contribution < 1.29 is 38.0 Å². The van der Waals surface area contributed by atoms with Crippen molar-refractivity contribution in [1.82, 2.24) is 4.57 Å². The summed E-state index contributed by atoms with van der Waals surface area (Å²) in [6.07, 6.45) is 0.961. The number of nitrogens with one attached hydrogen (secondary N) is 2. The molecule has 2 bridgehead atoms. The monoisotopic (exact) mass is 684 g/mol. The molecule has 13 nitrogen and oxygen atoms in total. The number of hydrogen-bond donors (Lipinski definition) is 2. The number of carbonyl (C=O) groups excluding carboxylic acids is 2. The molecule has 3 aromatic carbocycles. The van der Waals surface area contributed by atoms with Crippen LogP contribution in [0.15, 0.2) is 65.5 Å². The molecule has 1 aromatic heterocycles. The Balaban J connectivity index is 1.36. The molecule has 0 aliphatic carbocycles. The van der Waals surface area contributed by atoms with Gasteiger partial charge in [-0.15, -0.1) is 0 Å². The average molecular weight is 685 g/mol. The number of nitrogens with zero attached hydrogens (tertiary/aromatic N) is 2. The number of ether oxygens (including phenoxy) is 6. The number of carbonyl (C=O) groups is 2. The lowest BCUT2D eigenvalue weighted by molar-refractivity contribution is 0.101. The van der Waals surface area contributed by atoms with Gasteiger partial charge >= 0.3 is 0 Å². The molecule has 1 fully saturated rings. The van der Waals surface area contributed by atoms with Crippen molar-refractivity contribution in [2.24, 2.45) is 5.92 Å². The Morgan fingerprint density at radius 2 is 1.26 bits per heavy atom. The predicted octanol–water partition coefficient (Wildman–Crippen LogP) is 5.03. The molecule has 6 rings (SSSR count). The van der Waals surface area contributed by atoms with Gasteiger partial charge in [-0.2, -0.15) is 0 Å². The van der Waals surface area contributed by atoms with Crippen molar-refractivity contribution in [3.05, 3.63) is 87.8 Å². The molecule has 50 heavy (non-hydrogen) atoms. The van der Waals surface area contributed by atoms with Gasteiger partial charge < -0.3 is 48.5 Å². The molecule has 4 aromatic rings. The molecule has 0 radical (unpaired) electrons. The highest BCUT2D eigenvalue weighted by Gasteiger charge is 2.35. The minimum atomic E-state index is -0.443. The summed E-state index contributed by atoms with van der Waals surface area (Å²) in [6.45, 7) is 1.91. The molecular weight excluding hydrogens is 644 g/mol. The van der Waals surface area contributed by atoms with Crippen LogP contribution in [0.25, 0.3) is 0 Å². The lowest BCUT2D eigenvalue weighted by Crippen LogP contribution is -2.47. The van der Waals surface area contributed by atoms with Gasteiger partial charge in [0.1, 0.15) is 0 Å². The van der Waals surface area contributed by atoms with E-state index >= 15 is 0 Å². The number of methoxy groups -OCH3 is 6. The Labute approximate surface area is 289 Å². The van der Waals surface area contributed by atoms with Crippen LogP contribution in [-0.2, 0) is 6.54 Å². The number of benzene rings is 3. The Hall–Kier alpha value is -5.85. The summed E-state index contributed by atoms with van der Waals surface area (Å²) in [5, 5.41) is 5.95. The van der Waals surface area contributed by atoms with E-state index in [2.05, 4.69) is 15.5 Å². The third-order valence-corrected chi connectivity index (χ3v) is 9.18. The van der Waals surface area contributed by atoms with Gasteiger partial charge in [0.25, 0.3) is 17.4 Å². The van der Waals surface area contributed by atoms with E-state index in [-0.39, 0.29) is 23.0 Å². The van der Waals surface area contributed by atoms with Crippen LogP contribution in [0, 0.1) is 5.92 Å². The third kappa shape index (κ3) is 6.46. The Morgan fingerprint density at radius 1 is 0.660 bits per heavy atom. The standard InChI is InChI=1S/C37H40N4O9/c1-45-29-14-23(15-30(46-2)34(29)49-5)37(44)39-26-13-22(36(43)38-25-16-31(47-3)35(50-6)32(17-25)48-4)10-11-28(26)40-18-21-12-24(20-40)27-8-7-9-33(42)41(27)19-21/h7-11,13-17,21,24H,12,18-20H2,1-6H3,(H,38,43)(H,39,44). The third-order valence-electron chi connectivity index (χ3n) is 9.18. The lowest BCUT2D eigenvalue weighted by Gasteiger charge is -2.44. The fourth-order valence-corrected chi connectivity index (χ4v) is 6.91. The van der Waals surface area contributed by atoms with Crippen LogP contribution in [0.4, 0.5) is 17.1 Å². The van der Waals surface area contributed by atoms with E-state index in [1.165, 1.54) is 42.7 Å². The summed E-state index contributed by atoms with van der Waals surface area (Å²) in [6, 6.07) is 17.0. The van der Waals surface area contributed by atoms with E-state index in [1.54, 1.807) is 48.5 Å². The number of piperidine rings is 1. The Kier molecular flexibility index (Phi) is 9.75. The molecule has 0 saturated carbocycles. The minimum Gasteiger partial charge on any atom is -0.493 e. The topological polar surface area (TPSA) is 139 Å². The van der Waals surface area contributed by atoms with Crippen LogP contribution in [0.1, 0.15) is 38.7 Å². The number of rotatable bonds is 11. The van der Waals surface area contributed by atoms with Crippen molar-refractivity contribution in [2.45, 2.75) is 18.9 Å². The zero-order chi connectivity index (χ0) is 35.5. The van der Waals surface area contributed by atoms with Gasteiger partial charge in [-0.3, -0.25) is 14.4 Å². The van der Waals surface area contributed by atoms with Crippen LogP contribution >= 0.6 is 0 Å². The molecule has 3 heterocycles. The van der Waals surface area contributed by atoms with Gasteiger partial charge in [0, 0.05) is 66.3 Å². The molecule has 2 N–H and O–H groups in total. The van der Waals surface area contributed by atoms with Crippen LogP contribution in [0.2, 0.25) is 0 Å². The van der Waals surface area contributed by atoms with Crippen LogP contribution in [0.3, 0.4) is 0 Å². The number of anilines is 3. The van der Waals surface area contributed by atoms with E-state index < -0.39 is 11.8 Å². The first-order valence-electron chi connectivity index (χ1n) is 16.0. The summed E-state index contributed by atoms with van der Waals surface area (Å²) in [5.41, 5.74) is 3.19. The molecule has 1 saturated heterocycles. The zero-order valence-electron chi connectivity index (χ0n) is 28.8. The molecule has 262 valence electrons. The predicted molar refractivity (Wildman–Crippen MR) is 188 cm³/mol. The van der Waals surface area contributed by atoms with Gasteiger partial charge in [-0.05, 0) is 48.7 Å². The number of aromatic nitrogens is 1. The second kappa shape index (κ2) is 14.3. The van der Waals surface area contributed by atoms with Crippen molar-refractivity contribution in [3.8, 4) is 34.5 Å². The highest BCUT2D eigenvalue weighted by atomic mass is 16.5. The van der Waals surface area contributed by atoms with Gasteiger partial charge in [0.2, 0.25) is 11.5 Å².